The average Bonchev–Trinajstić information content (AvgIpc) is 2.97. The normalized spacial score (nSPS) is 15.4. The second-order valence-corrected chi connectivity index (χ2v) is 4.17. The molecule has 3 rings (SSSR count). The molecule has 17 heavy (non-hydrogen) atoms. The summed E-state index contributed by atoms with van der Waals surface area (Å²) < 4.78 is 10.5. The topological polar surface area (TPSA) is 74.2 Å². The molecule has 2 aromatic rings. The molecule has 0 fully saturated rings. The van der Waals surface area contributed by atoms with Crippen LogP contribution in [0.15, 0.2) is 22.7 Å². The lowest BCUT2D eigenvalue weighted by Gasteiger charge is -1.99. The summed E-state index contributed by atoms with van der Waals surface area (Å²) in [6.07, 6.45) is 0.932. The Morgan fingerprint density at radius 3 is 3.06 bits per heavy atom. The van der Waals surface area contributed by atoms with Gasteiger partial charge in [0.2, 0.25) is 11.7 Å². The van der Waals surface area contributed by atoms with Crippen LogP contribution >= 0.6 is 0 Å². The van der Waals surface area contributed by atoms with Crippen LogP contribution in [-0.2, 0) is 6.42 Å². The molecule has 2 N–H and O–H groups in total. The summed E-state index contributed by atoms with van der Waals surface area (Å²) in [5.41, 5.74) is 7.80. The Morgan fingerprint density at radius 1 is 1.41 bits per heavy atom. The largest absolute Gasteiger partial charge is 0.493 e. The molecular weight excluding hydrogens is 218 g/mol. The van der Waals surface area contributed by atoms with Crippen LogP contribution in [-0.4, -0.2) is 16.7 Å². The fourth-order valence-corrected chi connectivity index (χ4v) is 1.86. The summed E-state index contributed by atoms with van der Waals surface area (Å²) in [5, 5.41) is 3.93. The summed E-state index contributed by atoms with van der Waals surface area (Å²) in [4.78, 5) is 4.26. The third-order valence-electron chi connectivity index (χ3n) is 2.78. The van der Waals surface area contributed by atoms with Crippen molar-refractivity contribution in [2.45, 2.75) is 19.4 Å². The summed E-state index contributed by atoms with van der Waals surface area (Å²) in [6, 6.07) is 5.67. The Labute approximate surface area is 98.6 Å². The van der Waals surface area contributed by atoms with E-state index < -0.39 is 0 Å². The Bertz CT molecular complexity index is 548. The average molecular weight is 231 g/mol. The molecule has 0 saturated heterocycles. The van der Waals surface area contributed by atoms with Crippen LogP contribution < -0.4 is 10.5 Å². The molecule has 5 nitrogen and oxygen atoms in total. The summed E-state index contributed by atoms with van der Waals surface area (Å²) >= 11 is 0. The van der Waals surface area contributed by atoms with Gasteiger partial charge in [-0.05, 0) is 30.7 Å². The maximum atomic E-state index is 5.68. The first-order chi connectivity index (χ1) is 8.24. The lowest BCUT2D eigenvalue weighted by Crippen LogP contribution is -2.04. The van der Waals surface area contributed by atoms with Gasteiger partial charge < -0.3 is 15.0 Å². The minimum absolute atomic E-state index is 0.242. The number of nitrogens with zero attached hydrogens (tertiary/aromatic N) is 2. The Kier molecular flexibility index (Phi) is 2.33. The predicted molar refractivity (Wildman–Crippen MR) is 61.5 cm³/mol. The molecule has 1 aromatic heterocycles. The Hall–Kier alpha value is -1.88. The van der Waals surface area contributed by atoms with Crippen LogP contribution in [0, 0.1) is 0 Å². The zero-order chi connectivity index (χ0) is 11.8. The molecule has 0 saturated carbocycles. The van der Waals surface area contributed by atoms with Crippen molar-refractivity contribution in [3.63, 3.8) is 0 Å². The standard InChI is InChI=1S/C12H13N3O2/c1-7(13)12-14-11(15-17-12)9-2-3-10-8(6-9)4-5-16-10/h2-3,6-7H,4-5,13H2,1H3. The minimum atomic E-state index is -0.242. The molecule has 88 valence electrons. The molecule has 0 aliphatic carbocycles. The van der Waals surface area contributed by atoms with Crippen molar-refractivity contribution in [2.75, 3.05) is 6.61 Å². The van der Waals surface area contributed by atoms with Crippen LogP contribution in [0.25, 0.3) is 11.4 Å². The molecule has 1 atom stereocenters. The SMILES string of the molecule is CC(N)c1nc(-c2ccc3c(c2)CCO3)no1. The van der Waals surface area contributed by atoms with Gasteiger partial charge in [0.1, 0.15) is 5.75 Å². The number of aromatic nitrogens is 2. The van der Waals surface area contributed by atoms with Gasteiger partial charge in [0, 0.05) is 12.0 Å². The van der Waals surface area contributed by atoms with E-state index in [1.54, 1.807) is 0 Å². The van der Waals surface area contributed by atoms with Gasteiger partial charge >= 0.3 is 0 Å². The van der Waals surface area contributed by atoms with E-state index in [1.807, 2.05) is 25.1 Å². The molecule has 0 bridgehead atoms. The van der Waals surface area contributed by atoms with Gasteiger partial charge in [-0.2, -0.15) is 4.98 Å². The van der Waals surface area contributed by atoms with Crippen LogP contribution in [0.4, 0.5) is 0 Å². The molecular formula is C12H13N3O2. The van der Waals surface area contributed by atoms with E-state index in [9.17, 15) is 0 Å². The summed E-state index contributed by atoms with van der Waals surface area (Å²) in [5.74, 6) is 1.98. The number of ether oxygens (including phenoxy) is 1. The maximum Gasteiger partial charge on any atom is 0.243 e. The minimum Gasteiger partial charge on any atom is -0.493 e. The number of nitrogens with two attached hydrogens (primary N) is 1. The number of rotatable bonds is 2. The van der Waals surface area contributed by atoms with Crippen molar-refractivity contribution in [3.05, 3.63) is 29.7 Å². The zero-order valence-corrected chi connectivity index (χ0v) is 9.51. The highest BCUT2D eigenvalue weighted by Gasteiger charge is 2.16. The van der Waals surface area contributed by atoms with Crippen LogP contribution in [0.2, 0.25) is 0 Å². The van der Waals surface area contributed by atoms with E-state index >= 15 is 0 Å². The smallest absolute Gasteiger partial charge is 0.243 e. The maximum absolute atomic E-state index is 5.68. The molecule has 0 spiro atoms. The lowest BCUT2D eigenvalue weighted by molar-refractivity contribution is 0.357. The molecule has 1 aromatic carbocycles. The van der Waals surface area contributed by atoms with Crippen molar-refractivity contribution in [1.29, 1.82) is 0 Å². The summed E-state index contributed by atoms with van der Waals surface area (Å²) in [6.45, 7) is 2.56. The predicted octanol–water partition coefficient (Wildman–Crippen LogP) is 1.69. The fourth-order valence-electron chi connectivity index (χ4n) is 1.86. The number of hydrogen-bond donors (Lipinski definition) is 1. The third-order valence-corrected chi connectivity index (χ3v) is 2.78. The molecule has 0 amide bonds. The van der Waals surface area contributed by atoms with Crippen LogP contribution in [0.3, 0.4) is 0 Å². The first-order valence-corrected chi connectivity index (χ1v) is 5.59. The highest BCUT2D eigenvalue weighted by atomic mass is 16.5. The number of fused-ring (bicyclic) bond motifs is 1. The van der Waals surface area contributed by atoms with Gasteiger partial charge in [0.15, 0.2) is 0 Å². The van der Waals surface area contributed by atoms with Crippen molar-refractivity contribution in [2.24, 2.45) is 5.73 Å². The van der Waals surface area contributed by atoms with Crippen molar-refractivity contribution in [3.8, 4) is 17.1 Å². The second kappa shape index (κ2) is 3.85. The molecule has 2 heterocycles. The second-order valence-electron chi connectivity index (χ2n) is 4.17. The Morgan fingerprint density at radius 2 is 2.29 bits per heavy atom. The molecule has 1 aliphatic heterocycles. The molecule has 0 radical (unpaired) electrons. The molecule has 5 heteroatoms. The number of hydrogen-bond acceptors (Lipinski definition) is 5. The van der Waals surface area contributed by atoms with E-state index in [2.05, 4.69) is 10.1 Å². The first-order valence-electron chi connectivity index (χ1n) is 5.59. The van der Waals surface area contributed by atoms with Gasteiger partial charge in [0.25, 0.3) is 0 Å². The fraction of sp³-hybridized carbons (Fsp3) is 0.333. The Balaban J connectivity index is 1.97. The van der Waals surface area contributed by atoms with Crippen molar-refractivity contribution in [1.82, 2.24) is 10.1 Å². The zero-order valence-electron chi connectivity index (χ0n) is 9.51. The quantitative estimate of drug-likeness (QED) is 0.851. The highest BCUT2D eigenvalue weighted by Crippen LogP contribution is 2.29. The highest BCUT2D eigenvalue weighted by molar-refractivity contribution is 5.59. The van der Waals surface area contributed by atoms with E-state index in [1.165, 1.54) is 5.56 Å². The van der Waals surface area contributed by atoms with Crippen molar-refractivity contribution >= 4 is 0 Å². The van der Waals surface area contributed by atoms with E-state index in [0.29, 0.717) is 11.7 Å². The van der Waals surface area contributed by atoms with Crippen molar-refractivity contribution < 1.29 is 9.26 Å². The number of benzene rings is 1. The molecule has 1 unspecified atom stereocenters. The van der Waals surface area contributed by atoms with E-state index in [0.717, 1.165) is 24.3 Å². The van der Waals surface area contributed by atoms with E-state index in [4.69, 9.17) is 15.0 Å². The van der Waals surface area contributed by atoms with Crippen LogP contribution in [0.1, 0.15) is 24.4 Å². The molecule has 1 aliphatic rings. The summed E-state index contributed by atoms with van der Waals surface area (Å²) in [7, 11) is 0. The van der Waals surface area contributed by atoms with Gasteiger partial charge in [-0.3, -0.25) is 0 Å². The first kappa shape index (κ1) is 10.3. The van der Waals surface area contributed by atoms with Gasteiger partial charge in [-0.25, -0.2) is 0 Å². The van der Waals surface area contributed by atoms with E-state index in [-0.39, 0.29) is 6.04 Å². The van der Waals surface area contributed by atoms with Crippen LogP contribution in [0.5, 0.6) is 5.75 Å². The third kappa shape index (κ3) is 1.78. The van der Waals surface area contributed by atoms with Gasteiger partial charge in [-0.15, -0.1) is 0 Å². The van der Waals surface area contributed by atoms with Gasteiger partial charge in [0.05, 0.1) is 12.6 Å². The van der Waals surface area contributed by atoms with Gasteiger partial charge in [-0.1, -0.05) is 5.16 Å². The lowest BCUT2D eigenvalue weighted by atomic mass is 10.1. The monoisotopic (exact) mass is 231 g/mol.